The van der Waals surface area contributed by atoms with Gasteiger partial charge in [0.1, 0.15) is 0 Å². The molecule has 0 heterocycles. The van der Waals surface area contributed by atoms with E-state index in [9.17, 15) is 9.90 Å². The summed E-state index contributed by atoms with van der Waals surface area (Å²) in [6.07, 6.45) is 4.54. The van der Waals surface area contributed by atoms with Crippen LogP contribution in [0.25, 0.3) is 0 Å². The molecule has 0 saturated heterocycles. The molecule has 0 unspecified atom stereocenters. The Morgan fingerprint density at radius 3 is 2.53 bits per heavy atom. The Labute approximate surface area is 104 Å². The van der Waals surface area contributed by atoms with Gasteiger partial charge in [-0.3, -0.25) is 4.79 Å². The first-order chi connectivity index (χ1) is 8.08. The van der Waals surface area contributed by atoms with Crippen LogP contribution in [0.5, 0.6) is 0 Å². The predicted molar refractivity (Wildman–Crippen MR) is 68.7 cm³/mol. The number of hydrogen-bond donors (Lipinski definition) is 3. The number of amides is 1. The fraction of sp³-hybridized carbons (Fsp3) is 0.923. The molecule has 17 heavy (non-hydrogen) atoms. The molecule has 0 aromatic heterocycles. The van der Waals surface area contributed by atoms with Crippen LogP contribution < -0.4 is 10.6 Å². The molecule has 4 nitrogen and oxygen atoms in total. The van der Waals surface area contributed by atoms with Gasteiger partial charge in [-0.25, -0.2) is 0 Å². The lowest BCUT2D eigenvalue weighted by Gasteiger charge is -2.25. The molecule has 1 saturated carbocycles. The molecular formula is C13H26N2O2. The number of nitrogens with one attached hydrogen (secondary N) is 2. The lowest BCUT2D eigenvalue weighted by molar-refractivity contribution is -0.121. The molecule has 1 aliphatic rings. The van der Waals surface area contributed by atoms with Crippen molar-refractivity contribution in [3.8, 4) is 0 Å². The van der Waals surface area contributed by atoms with Crippen LogP contribution in [-0.4, -0.2) is 36.2 Å². The fourth-order valence-corrected chi connectivity index (χ4v) is 2.25. The van der Waals surface area contributed by atoms with Crippen molar-refractivity contribution >= 4 is 5.91 Å². The first-order valence-corrected chi connectivity index (χ1v) is 6.76. The second-order valence-corrected chi connectivity index (χ2v) is 5.35. The van der Waals surface area contributed by atoms with Gasteiger partial charge in [0, 0.05) is 19.0 Å². The Morgan fingerprint density at radius 1 is 1.29 bits per heavy atom. The molecule has 0 radical (unpaired) electrons. The largest absolute Gasteiger partial charge is 0.393 e. The summed E-state index contributed by atoms with van der Waals surface area (Å²) in [6, 6.07) is 0.224. The van der Waals surface area contributed by atoms with Gasteiger partial charge < -0.3 is 15.7 Å². The number of carbonyl (C=O) groups is 1. The summed E-state index contributed by atoms with van der Waals surface area (Å²) < 4.78 is 0. The van der Waals surface area contributed by atoms with Crippen molar-refractivity contribution in [1.29, 1.82) is 0 Å². The maximum absolute atomic E-state index is 11.4. The molecule has 3 N–H and O–H groups in total. The lowest BCUT2D eigenvalue weighted by Crippen LogP contribution is -2.34. The van der Waals surface area contributed by atoms with Crippen LogP contribution in [0.2, 0.25) is 0 Å². The maximum Gasteiger partial charge on any atom is 0.221 e. The molecule has 1 fully saturated rings. The summed E-state index contributed by atoms with van der Waals surface area (Å²) in [6.45, 7) is 5.66. The topological polar surface area (TPSA) is 61.4 Å². The van der Waals surface area contributed by atoms with Crippen molar-refractivity contribution < 1.29 is 9.90 Å². The molecule has 0 aromatic rings. The van der Waals surface area contributed by atoms with E-state index in [-0.39, 0.29) is 18.1 Å². The van der Waals surface area contributed by atoms with E-state index in [2.05, 4.69) is 10.6 Å². The smallest absolute Gasteiger partial charge is 0.221 e. The zero-order valence-corrected chi connectivity index (χ0v) is 11.0. The van der Waals surface area contributed by atoms with Crippen LogP contribution in [-0.2, 0) is 4.79 Å². The third-order valence-corrected chi connectivity index (χ3v) is 3.23. The van der Waals surface area contributed by atoms with E-state index in [1.165, 1.54) is 0 Å². The van der Waals surface area contributed by atoms with Gasteiger partial charge in [-0.2, -0.15) is 0 Å². The van der Waals surface area contributed by atoms with Gasteiger partial charge >= 0.3 is 0 Å². The first-order valence-electron chi connectivity index (χ1n) is 6.76. The van der Waals surface area contributed by atoms with Gasteiger partial charge in [0.25, 0.3) is 0 Å². The highest BCUT2D eigenvalue weighted by Gasteiger charge is 2.18. The molecule has 1 aliphatic carbocycles. The molecular weight excluding hydrogens is 216 g/mol. The maximum atomic E-state index is 11.4. The number of aliphatic hydroxyl groups is 1. The summed E-state index contributed by atoms with van der Waals surface area (Å²) in [7, 11) is 0. The lowest BCUT2D eigenvalue weighted by atomic mass is 9.87. The van der Waals surface area contributed by atoms with E-state index in [0.29, 0.717) is 12.3 Å². The highest BCUT2D eigenvalue weighted by atomic mass is 16.3. The quantitative estimate of drug-likeness (QED) is 0.610. The van der Waals surface area contributed by atoms with Crippen LogP contribution in [0.1, 0.15) is 46.0 Å². The molecule has 0 spiro atoms. The molecule has 0 bridgehead atoms. The molecule has 1 amide bonds. The van der Waals surface area contributed by atoms with Gasteiger partial charge in [0.15, 0.2) is 0 Å². The van der Waals surface area contributed by atoms with Gasteiger partial charge in [-0.05, 0) is 52.0 Å². The van der Waals surface area contributed by atoms with E-state index in [4.69, 9.17) is 0 Å². The standard InChI is InChI=1S/C13H26N2O2/c1-10(2)15-13(17)7-8-14-9-11-3-5-12(16)6-4-11/h10-12,14,16H,3-9H2,1-2H3,(H,15,17). The Hall–Kier alpha value is -0.610. The van der Waals surface area contributed by atoms with Crippen LogP contribution in [0.4, 0.5) is 0 Å². The van der Waals surface area contributed by atoms with Gasteiger partial charge in [0.05, 0.1) is 6.10 Å². The van der Waals surface area contributed by atoms with Crippen LogP contribution in [0, 0.1) is 5.92 Å². The predicted octanol–water partition coefficient (Wildman–Crippen LogP) is 1.04. The summed E-state index contributed by atoms with van der Waals surface area (Å²) in [5, 5.41) is 15.6. The number of aliphatic hydroxyl groups excluding tert-OH is 1. The summed E-state index contributed by atoms with van der Waals surface area (Å²) in [5.74, 6) is 0.790. The van der Waals surface area contributed by atoms with Crippen LogP contribution in [0.15, 0.2) is 0 Å². The molecule has 4 heteroatoms. The zero-order valence-electron chi connectivity index (χ0n) is 11.0. The van der Waals surface area contributed by atoms with Gasteiger partial charge in [-0.15, -0.1) is 0 Å². The highest BCUT2D eigenvalue weighted by Crippen LogP contribution is 2.23. The van der Waals surface area contributed by atoms with E-state index in [1.54, 1.807) is 0 Å². The second-order valence-electron chi connectivity index (χ2n) is 5.35. The minimum absolute atomic E-state index is 0.0805. The van der Waals surface area contributed by atoms with Crippen molar-refractivity contribution in [3.05, 3.63) is 0 Å². The molecule has 100 valence electrons. The molecule has 1 rings (SSSR count). The third kappa shape index (κ3) is 6.64. The van der Waals surface area contributed by atoms with Gasteiger partial charge in [0.2, 0.25) is 5.91 Å². The Kier molecular flexibility index (Phi) is 6.52. The fourth-order valence-electron chi connectivity index (χ4n) is 2.25. The number of carbonyl (C=O) groups excluding carboxylic acids is 1. The van der Waals surface area contributed by atoms with Crippen LogP contribution in [0.3, 0.4) is 0 Å². The third-order valence-electron chi connectivity index (χ3n) is 3.23. The highest BCUT2D eigenvalue weighted by molar-refractivity contribution is 5.76. The molecule has 0 aliphatic heterocycles. The monoisotopic (exact) mass is 242 g/mol. The first kappa shape index (κ1) is 14.5. The minimum atomic E-state index is -0.0805. The minimum Gasteiger partial charge on any atom is -0.393 e. The van der Waals surface area contributed by atoms with Crippen molar-refractivity contribution in [2.24, 2.45) is 5.92 Å². The van der Waals surface area contributed by atoms with Crippen LogP contribution >= 0.6 is 0 Å². The summed E-state index contributed by atoms with van der Waals surface area (Å²) in [5.41, 5.74) is 0. The zero-order chi connectivity index (χ0) is 12.7. The Morgan fingerprint density at radius 2 is 1.94 bits per heavy atom. The van der Waals surface area contributed by atoms with E-state index < -0.39 is 0 Å². The van der Waals surface area contributed by atoms with Crippen molar-refractivity contribution in [2.75, 3.05) is 13.1 Å². The normalized spacial score (nSPS) is 24.9. The van der Waals surface area contributed by atoms with E-state index in [0.717, 1.165) is 38.8 Å². The second kappa shape index (κ2) is 7.67. The average molecular weight is 242 g/mol. The summed E-state index contributed by atoms with van der Waals surface area (Å²) in [4.78, 5) is 11.4. The molecule has 0 aromatic carbocycles. The van der Waals surface area contributed by atoms with E-state index >= 15 is 0 Å². The Bertz CT molecular complexity index is 223. The molecule has 0 atom stereocenters. The number of hydrogen-bond acceptors (Lipinski definition) is 3. The van der Waals surface area contributed by atoms with E-state index in [1.807, 2.05) is 13.8 Å². The number of rotatable bonds is 6. The van der Waals surface area contributed by atoms with Crippen molar-refractivity contribution in [2.45, 2.75) is 58.1 Å². The summed E-state index contributed by atoms with van der Waals surface area (Å²) >= 11 is 0. The van der Waals surface area contributed by atoms with Gasteiger partial charge in [-0.1, -0.05) is 0 Å². The SMILES string of the molecule is CC(C)NC(=O)CCNCC1CCC(O)CC1. The average Bonchev–Trinajstić information content (AvgIpc) is 2.26. The Balaban J connectivity index is 1.99. The van der Waals surface area contributed by atoms with Crippen molar-refractivity contribution in [3.63, 3.8) is 0 Å². The van der Waals surface area contributed by atoms with Crippen molar-refractivity contribution in [1.82, 2.24) is 10.6 Å².